The third-order valence-electron chi connectivity index (χ3n) is 8.27. The Morgan fingerprint density at radius 1 is 0.917 bits per heavy atom. The Morgan fingerprint density at radius 3 is 2.27 bits per heavy atom. The Morgan fingerprint density at radius 2 is 1.62 bits per heavy atom. The van der Waals surface area contributed by atoms with Crippen molar-refractivity contribution in [2.75, 3.05) is 59.0 Å². The van der Waals surface area contributed by atoms with Crippen molar-refractivity contribution in [2.24, 2.45) is 5.73 Å². The number of carbonyl (C=O) groups excluding carboxylic acids is 3. The average molecular weight is 662 g/mol. The number of primary amides is 1. The van der Waals surface area contributed by atoms with Crippen molar-refractivity contribution < 1.29 is 33.3 Å². The first-order valence-electron chi connectivity index (χ1n) is 16.1. The van der Waals surface area contributed by atoms with Crippen molar-refractivity contribution >= 4 is 29.2 Å². The lowest BCUT2D eigenvalue weighted by molar-refractivity contribution is -0.120. The minimum absolute atomic E-state index is 0.0236. The molecule has 0 aliphatic carbocycles. The molecular formula is C36H47N5O7. The van der Waals surface area contributed by atoms with Crippen LogP contribution in [0.15, 0.2) is 60.7 Å². The number of nitrogens with zero attached hydrogens (tertiary/aromatic N) is 3. The summed E-state index contributed by atoms with van der Waals surface area (Å²) in [5.41, 5.74) is 8.95. The van der Waals surface area contributed by atoms with E-state index in [1.807, 2.05) is 44.2 Å². The van der Waals surface area contributed by atoms with Gasteiger partial charge in [0.1, 0.15) is 17.8 Å². The number of esters is 1. The molecule has 3 aromatic carbocycles. The number of ether oxygens (including phenoxy) is 4. The Bertz CT molecular complexity index is 1570. The van der Waals surface area contributed by atoms with Crippen LogP contribution in [-0.2, 0) is 16.0 Å². The normalized spacial score (nSPS) is 14.9. The van der Waals surface area contributed by atoms with Gasteiger partial charge in [-0.3, -0.25) is 19.9 Å². The van der Waals surface area contributed by atoms with Gasteiger partial charge in [-0.15, -0.1) is 0 Å². The number of rotatable bonds is 15. The number of anilines is 2. The van der Waals surface area contributed by atoms with Crippen molar-refractivity contribution in [3.05, 3.63) is 77.4 Å². The van der Waals surface area contributed by atoms with Gasteiger partial charge in [0.25, 0.3) is 0 Å². The van der Waals surface area contributed by atoms with E-state index in [0.29, 0.717) is 34.2 Å². The quantitative estimate of drug-likeness (QED) is 0.177. The number of urea groups is 1. The molecule has 3 N–H and O–H groups in total. The highest BCUT2D eigenvalue weighted by atomic mass is 16.5. The predicted molar refractivity (Wildman–Crippen MR) is 184 cm³/mol. The molecule has 1 fully saturated rings. The number of nitrogens with one attached hydrogen (secondary N) is 1. The molecule has 48 heavy (non-hydrogen) atoms. The van der Waals surface area contributed by atoms with E-state index in [1.165, 1.54) is 19.1 Å². The van der Waals surface area contributed by atoms with Crippen molar-refractivity contribution in [3.8, 4) is 17.2 Å². The van der Waals surface area contributed by atoms with Gasteiger partial charge in [0.05, 0.1) is 43.9 Å². The number of methoxy groups -OCH3 is 2. The Hall–Kier alpha value is -4.65. The fourth-order valence-corrected chi connectivity index (χ4v) is 5.74. The summed E-state index contributed by atoms with van der Waals surface area (Å²) in [6.07, 6.45) is -0.386. The smallest absolute Gasteiger partial charge is 0.338 e. The van der Waals surface area contributed by atoms with Crippen LogP contribution >= 0.6 is 0 Å². The van der Waals surface area contributed by atoms with Crippen molar-refractivity contribution in [1.82, 2.24) is 15.1 Å². The van der Waals surface area contributed by atoms with Gasteiger partial charge in [-0.05, 0) is 75.3 Å². The molecule has 2 unspecified atom stereocenters. The van der Waals surface area contributed by atoms with Crippen LogP contribution in [0.4, 0.5) is 16.2 Å². The van der Waals surface area contributed by atoms with Crippen molar-refractivity contribution in [1.29, 1.82) is 0 Å². The maximum absolute atomic E-state index is 13.6. The molecule has 0 aromatic heterocycles. The fourth-order valence-electron chi connectivity index (χ4n) is 5.74. The molecule has 2 amide bonds. The molecule has 1 heterocycles. The number of hydrogen-bond donors (Lipinski definition) is 2. The second-order valence-electron chi connectivity index (χ2n) is 11.8. The summed E-state index contributed by atoms with van der Waals surface area (Å²) in [5, 5.41) is 3.49. The van der Waals surface area contributed by atoms with Crippen LogP contribution in [-0.4, -0.2) is 94.0 Å². The largest absolute Gasteiger partial charge is 0.495 e. The van der Waals surface area contributed by atoms with Crippen LogP contribution in [0.3, 0.4) is 0 Å². The number of nitrogens with two attached hydrogens (primary N) is 1. The third-order valence-corrected chi connectivity index (χ3v) is 8.27. The van der Waals surface area contributed by atoms with Gasteiger partial charge in [-0.2, -0.15) is 0 Å². The monoisotopic (exact) mass is 661 g/mol. The first kappa shape index (κ1) is 36.2. The number of carbonyl (C=O) groups is 3. The molecule has 1 aliphatic heterocycles. The number of amides is 2. The highest BCUT2D eigenvalue weighted by Crippen LogP contribution is 2.36. The van der Waals surface area contributed by atoms with Crippen LogP contribution in [0.25, 0.3) is 0 Å². The number of aryl methyl sites for hydroxylation is 1. The van der Waals surface area contributed by atoms with E-state index in [2.05, 4.69) is 22.2 Å². The Balaban J connectivity index is 1.49. The summed E-state index contributed by atoms with van der Waals surface area (Å²) in [6.45, 7) is 9.12. The molecule has 1 aliphatic rings. The number of benzene rings is 3. The van der Waals surface area contributed by atoms with E-state index in [1.54, 1.807) is 37.3 Å². The van der Waals surface area contributed by atoms with E-state index < -0.39 is 18.2 Å². The summed E-state index contributed by atoms with van der Waals surface area (Å²) in [7, 11) is 5.12. The first-order chi connectivity index (χ1) is 23.0. The van der Waals surface area contributed by atoms with Gasteiger partial charge < -0.3 is 29.6 Å². The Labute approximate surface area is 282 Å². The molecule has 4 rings (SSSR count). The number of Topliss-reactive ketones (excluding diaryl/α,β-unsaturated/α-hetero) is 1. The van der Waals surface area contributed by atoms with E-state index in [9.17, 15) is 14.4 Å². The molecule has 3 aromatic rings. The van der Waals surface area contributed by atoms with Crippen LogP contribution in [0, 0.1) is 6.92 Å². The van der Waals surface area contributed by atoms with Gasteiger partial charge in [0.2, 0.25) is 0 Å². The second kappa shape index (κ2) is 17.0. The van der Waals surface area contributed by atoms with Crippen molar-refractivity contribution in [3.63, 3.8) is 0 Å². The summed E-state index contributed by atoms with van der Waals surface area (Å²) in [4.78, 5) is 44.3. The molecule has 0 spiro atoms. The average Bonchev–Trinajstić information content (AvgIpc) is 3.06. The predicted octanol–water partition coefficient (Wildman–Crippen LogP) is 4.50. The number of ketones is 1. The maximum atomic E-state index is 13.6. The molecule has 2 atom stereocenters. The standard InChI is InChI=1S/C36H47N5O7/c1-7-47-35(43)27-13-15-31(33(22-27)46-6)48-25(3)38-34(40-18-16-39(4)17-19-40)23-28(42)20-26-12-14-30(32(21-26)45-5)41(36(37)44)29-11-9-8-10-24(29)2/h8-15,21-22,25,34,38H,7,16-20,23H2,1-6H3,(H2,37,44). The maximum Gasteiger partial charge on any atom is 0.338 e. The summed E-state index contributed by atoms with van der Waals surface area (Å²) in [6, 6.07) is 17.1. The number of para-hydroxylation sites is 1. The molecule has 12 heteroatoms. The zero-order valence-electron chi connectivity index (χ0n) is 28.7. The van der Waals surface area contributed by atoms with Gasteiger partial charge >= 0.3 is 12.0 Å². The van der Waals surface area contributed by atoms with Gasteiger partial charge in [-0.25, -0.2) is 9.59 Å². The van der Waals surface area contributed by atoms with E-state index >= 15 is 0 Å². The number of likely N-dealkylation sites (N-methyl/N-ethyl adjacent to an activating group) is 1. The molecule has 1 saturated heterocycles. The van der Waals surface area contributed by atoms with Crippen LogP contribution in [0.2, 0.25) is 0 Å². The lowest BCUT2D eigenvalue weighted by atomic mass is 10.0. The lowest BCUT2D eigenvalue weighted by Gasteiger charge is -2.39. The fraction of sp³-hybridized carbons (Fsp3) is 0.417. The summed E-state index contributed by atoms with van der Waals surface area (Å²) in [5.74, 6) is 0.871. The minimum Gasteiger partial charge on any atom is -0.495 e. The highest BCUT2D eigenvalue weighted by molar-refractivity contribution is 6.00. The molecule has 0 radical (unpaired) electrons. The van der Waals surface area contributed by atoms with Gasteiger partial charge in [0.15, 0.2) is 11.5 Å². The van der Waals surface area contributed by atoms with Gasteiger partial charge in [-0.1, -0.05) is 24.3 Å². The SMILES string of the molecule is CCOC(=O)c1ccc(OC(C)NC(CC(=O)Cc2ccc(N(C(N)=O)c3ccccc3C)c(OC)c2)N2CCN(C)CC2)c(OC)c1. The molecule has 0 bridgehead atoms. The van der Waals surface area contributed by atoms with Crippen molar-refractivity contribution in [2.45, 2.75) is 46.0 Å². The molecule has 12 nitrogen and oxygen atoms in total. The Kier molecular flexibility index (Phi) is 12.8. The molecular weight excluding hydrogens is 614 g/mol. The van der Waals surface area contributed by atoms with Crippen LogP contribution in [0.1, 0.15) is 41.8 Å². The molecule has 0 saturated carbocycles. The van der Waals surface area contributed by atoms with E-state index in [4.69, 9.17) is 24.7 Å². The van der Waals surface area contributed by atoms with E-state index in [-0.39, 0.29) is 31.4 Å². The zero-order chi connectivity index (χ0) is 34.8. The number of hydrogen-bond acceptors (Lipinski definition) is 10. The second-order valence-corrected chi connectivity index (χ2v) is 11.8. The minimum atomic E-state index is -0.642. The highest BCUT2D eigenvalue weighted by Gasteiger charge is 2.27. The topological polar surface area (TPSA) is 136 Å². The van der Waals surface area contributed by atoms with Crippen LogP contribution in [0.5, 0.6) is 17.2 Å². The molecule has 258 valence electrons. The lowest BCUT2D eigenvalue weighted by Crippen LogP contribution is -2.57. The van der Waals surface area contributed by atoms with Gasteiger partial charge in [0, 0.05) is 39.0 Å². The van der Waals surface area contributed by atoms with E-state index in [0.717, 1.165) is 37.3 Å². The zero-order valence-corrected chi connectivity index (χ0v) is 28.7. The summed E-state index contributed by atoms with van der Waals surface area (Å²) >= 11 is 0. The van der Waals surface area contributed by atoms with Crippen LogP contribution < -0.4 is 30.2 Å². The first-order valence-corrected chi connectivity index (χ1v) is 16.1. The number of piperazine rings is 1. The summed E-state index contributed by atoms with van der Waals surface area (Å²) < 4.78 is 22.5. The third kappa shape index (κ3) is 9.24.